The van der Waals surface area contributed by atoms with Crippen molar-refractivity contribution in [2.24, 2.45) is 0 Å². The molecule has 0 unspecified atom stereocenters. The fourth-order valence-electron chi connectivity index (χ4n) is 1.97. The fraction of sp³-hybridized carbons (Fsp3) is 0.235. The van der Waals surface area contributed by atoms with Gasteiger partial charge in [0, 0.05) is 18.1 Å². The van der Waals surface area contributed by atoms with Crippen molar-refractivity contribution < 1.29 is 14.3 Å². The molecular formula is C17H17BrClNO3. The molecule has 0 bridgehead atoms. The molecule has 0 aromatic heterocycles. The van der Waals surface area contributed by atoms with Crippen LogP contribution in [0.4, 0.5) is 0 Å². The highest BCUT2D eigenvalue weighted by atomic mass is 79.9. The molecule has 0 fully saturated rings. The van der Waals surface area contributed by atoms with Gasteiger partial charge in [-0.05, 0) is 35.9 Å². The molecule has 0 N–H and O–H groups in total. The molecule has 6 heteroatoms. The topological polar surface area (TPSA) is 38.8 Å². The molecule has 2 aromatic rings. The highest BCUT2D eigenvalue weighted by Crippen LogP contribution is 2.27. The third-order valence-corrected chi connectivity index (χ3v) is 4.01. The summed E-state index contributed by atoms with van der Waals surface area (Å²) in [6.07, 6.45) is 0. The Hall–Kier alpha value is -1.72. The molecule has 0 radical (unpaired) electrons. The number of hydrogen-bond acceptors (Lipinski definition) is 3. The van der Waals surface area contributed by atoms with E-state index in [1.54, 1.807) is 31.2 Å². The van der Waals surface area contributed by atoms with E-state index in [-0.39, 0.29) is 12.5 Å². The van der Waals surface area contributed by atoms with E-state index in [0.717, 1.165) is 15.8 Å². The van der Waals surface area contributed by atoms with Crippen molar-refractivity contribution >= 4 is 33.4 Å². The van der Waals surface area contributed by atoms with Crippen LogP contribution in [0.2, 0.25) is 5.02 Å². The van der Waals surface area contributed by atoms with Gasteiger partial charge in [0.15, 0.2) is 6.61 Å². The lowest BCUT2D eigenvalue weighted by atomic mass is 10.2. The van der Waals surface area contributed by atoms with Crippen molar-refractivity contribution in [2.45, 2.75) is 6.54 Å². The minimum Gasteiger partial charge on any atom is -0.497 e. The van der Waals surface area contributed by atoms with Gasteiger partial charge < -0.3 is 14.4 Å². The normalized spacial score (nSPS) is 10.3. The van der Waals surface area contributed by atoms with E-state index in [1.165, 1.54) is 0 Å². The van der Waals surface area contributed by atoms with E-state index in [4.69, 9.17) is 21.1 Å². The zero-order valence-corrected chi connectivity index (χ0v) is 15.2. The standard InChI is InChI=1S/C17H17BrClNO3/c1-20(10-12-4-3-5-14(8-12)22-2)17(21)11-23-16-7-6-13(18)9-15(16)19/h3-9H,10-11H2,1-2H3. The summed E-state index contributed by atoms with van der Waals surface area (Å²) in [6, 6.07) is 12.9. The minimum atomic E-state index is -0.133. The van der Waals surface area contributed by atoms with Crippen LogP contribution in [-0.4, -0.2) is 31.6 Å². The second-order valence-corrected chi connectivity index (χ2v) is 6.29. The SMILES string of the molecule is COc1cccc(CN(C)C(=O)COc2ccc(Br)cc2Cl)c1. The number of ether oxygens (including phenoxy) is 2. The van der Waals surface area contributed by atoms with E-state index in [1.807, 2.05) is 30.3 Å². The fourth-order valence-corrected chi connectivity index (χ4v) is 2.70. The van der Waals surface area contributed by atoms with Crippen LogP contribution >= 0.6 is 27.5 Å². The maximum absolute atomic E-state index is 12.2. The molecule has 23 heavy (non-hydrogen) atoms. The molecule has 122 valence electrons. The lowest BCUT2D eigenvalue weighted by molar-refractivity contribution is -0.132. The van der Waals surface area contributed by atoms with Crippen molar-refractivity contribution in [3.05, 3.63) is 57.5 Å². The Morgan fingerprint density at radius 3 is 2.74 bits per heavy atom. The van der Waals surface area contributed by atoms with Crippen LogP contribution in [0.25, 0.3) is 0 Å². The summed E-state index contributed by atoms with van der Waals surface area (Å²) in [5.41, 5.74) is 0.988. The Bertz CT molecular complexity index is 693. The summed E-state index contributed by atoms with van der Waals surface area (Å²) >= 11 is 9.38. The molecule has 0 saturated heterocycles. The Labute approximate surface area is 149 Å². The summed E-state index contributed by atoms with van der Waals surface area (Å²) in [6.45, 7) is 0.412. The molecule has 0 saturated carbocycles. The second-order valence-electron chi connectivity index (χ2n) is 4.96. The van der Waals surface area contributed by atoms with Gasteiger partial charge in [-0.25, -0.2) is 0 Å². The van der Waals surface area contributed by atoms with Crippen molar-refractivity contribution in [3.63, 3.8) is 0 Å². The first-order valence-electron chi connectivity index (χ1n) is 6.94. The summed E-state index contributed by atoms with van der Waals surface area (Å²) in [7, 11) is 3.35. The van der Waals surface area contributed by atoms with Gasteiger partial charge in [0.05, 0.1) is 12.1 Å². The van der Waals surface area contributed by atoms with Gasteiger partial charge in [-0.1, -0.05) is 39.7 Å². The predicted octanol–water partition coefficient (Wildman–Crippen LogP) is 4.15. The van der Waals surface area contributed by atoms with Gasteiger partial charge in [-0.15, -0.1) is 0 Å². The number of rotatable bonds is 6. The van der Waals surface area contributed by atoms with Crippen LogP contribution in [0.5, 0.6) is 11.5 Å². The predicted molar refractivity (Wildman–Crippen MR) is 94.1 cm³/mol. The van der Waals surface area contributed by atoms with Crippen LogP contribution in [-0.2, 0) is 11.3 Å². The van der Waals surface area contributed by atoms with Gasteiger partial charge in [0.1, 0.15) is 11.5 Å². The number of nitrogens with zero attached hydrogens (tertiary/aromatic N) is 1. The van der Waals surface area contributed by atoms with Crippen molar-refractivity contribution in [3.8, 4) is 11.5 Å². The number of halogens is 2. The number of carbonyl (C=O) groups excluding carboxylic acids is 1. The molecule has 0 aliphatic rings. The van der Waals surface area contributed by atoms with Crippen LogP contribution < -0.4 is 9.47 Å². The quantitative estimate of drug-likeness (QED) is 0.734. The monoisotopic (exact) mass is 397 g/mol. The number of likely N-dealkylation sites (N-methyl/N-ethyl adjacent to an activating group) is 1. The number of carbonyl (C=O) groups is 1. The van der Waals surface area contributed by atoms with Crippen LogP contribution in [0.3, 0.4) is 0 Å². The maximum atomic E-state index is 12.2. The summed E-state index contributed by atoms with van der Waals surface area (Å²) in [5, 5.41) is 0.461. The van der Waals surface area contributed by atoms with E-state index in [9.17, 15) is 4.79 Å². The zero-order chi connectivity index (χ0) is 16.8. The van der Waals surface area contributed by atoms with Gasteiger partial charge in [-0.2, -0.15) is 0 Å². The van der Waals surface area contributed by atoms with E-state index >= 15 is 0 Å². The third-order valence-electron chi connectivity index (χ3n) is 3.22. The first-order chi connectivity index (χ1) is 11.0. The molecule has 0 spiro atoms. The molecule has 0 aliphatic carbocycles. The highest BCUT2D eigenvalue weighted by Gasteiger charge is 2.12. The average Bonchev–Trinajstić information content (AvgIpc) is 2.54. The van der Waals surface area contributed by atoms with Gasteiger partial charge in [-0.3, -0.25) is 4.79 Å². The molecule has 0 aliphatic heterocycles. The third kappa shape index (κ3) is 5.15. The number of amides is 1. The average molecular weight is 399 g/mol. The Morgan fingerprint density at radius 2 is 2.04 bits per heavy atom. The minimum absolute atomic E-state index is 0.0676. The first-order valence-corrected chi connectivity index (χ1v) is 8.11. The van der Waals surface area contributed by atoms with Gasteiger partial charge in [0.25, 0.3) is 5.91 Å². The first kappa shape index (κ1) is 17.6. The van der Waals surface area contributed by atoms with E-state index < -0.39 is 0 Å². The van der Waals surface area contributed by atoms with Crippen LogP contribution in [0, 0.1) is 0 Å². The number of methoxy groups -OCH3 is 1. The smallest absolute Gasteiger partial charge is 0.260 e. The molecule has 0 atom stereocenters. The second kappa shape index (κ2) is 8.22. The molecule has 2 rings (SSSR count). The Balaban J connectivity index is 1.91. The highest BCUT2D eigenvalue weighted by molar-refractivity contribution is 9.10. The molecular weight excluding hydrogens is 382 g/mol. The largest absolute Gasteiger partial charge is 0.497 e. The summed E-state index contributed by atoms with van der Waals surface area (Å²) in [4.78, 5) is 13.8. The molecule has 2 aromatic carbocycles. The van der Waals surface area contributed by atoms with Crippen LogP contribution in [0.1, 0.15) is 5.56 Å². The van der Waals surface area contributed by atoms with E-state index in [0.29, 0.717) is 17.3 Å². The van der Waals surface area contributed by atoms with Crippen molar-refractivity contribution in [1.29, 1.82) is 0 Å². The number of hydrogen-bond donors (Lipinski definition) is 0. The lowest BCUT2D eigenvalue weighted by Gasteiger charge is -2.18. The molecule has 0 heterocycles. The van der Waals surface area contributed by atoms with Gasteiger partial charge in [0.2, 0.25) is 0 Å². The maximum Gasteiger partial charge on any atom is 0.260 e. The van der Waals surface area contributed by atoms with Crippen LogP contribution in [0.15, 0.2) is 46.9 Å². The van der Waals surface area contributed by atoms with Gasteiger partial charge >= 0.3 is 0 Å². The number of benzene rings is 2. The lowest BCUT2D eigenvalue weighted by Crippen LogP contribution is -2.31. The summed E-state index contributed by atoms with van der Waals surface area (Å²) < 4.78 is 11.5. The molecule has 4 nitrogen and oxygen atoms in total. The Morgan fingerprint density at radius 1 is 1.26 bits per heavy atom. The Kier molecular flexibility index (Phi) is 6.30. The van der Waals surface area contributed by atoms with E-state index in [2.05, 4.69) is 15.9 Å². The summed E-state index contributed by atoms with van der Waals surface area (Å²) in [5.74, 6) is 1.12. The zero-order valence-electron chi connectivity index (χ0n) is 12.9. The molecule has 1 amide bonds. The van der Waals surface area contributed by atoms with Crippen molar-refractivity contribution in [1.82, 2.24) is 4.90 Å². The van der Waals surface area contributed by atoms with Crippen molar-refractivity contribution in [2.75, 3.05) is 20.8 Å².